The van der Waals surface area contributed by atoms with Crippen LogP contribution in [-0.4, -0.2) is 35.2 Å². The Bertz CT molecular complexity index is 1230. The average molecular weight is 559 g/mol. The van der Waals surface area contributed by atoms with E-state index in [1.165, 1.54) is 12.1 Å². The van der Waals surface area contributed by atoms with Gasteiger partial charge in [0.15, 0.2) is 9.84 Å². The highest BCUT2D eigenvalue weighted by atomic mass is 32.2. The smallest absolute Gasteiger partial charge is 0.179 e. The van der Waals surface area contributed by atoms with Crippen molar-refractivity contribution in [2.75, 3.05) is 11.5 Å². The lowest BCUT2D eigenvalue weighted by Crippen LogP contribution is -2.06. The number of hydrogen-bond acceptors (Lipinski definition) is 9. The Morgan fingerprint density at radius 1 is 0.703 bits per heavy atom. The number of aliphatic hydroxyl groups excluding tert-OH is 3. The van der Waals surface area contributed by atoms with Crippen molar-refractivity contribution in [3.63, 3.8) is 0 Å². The van der Waals surface area contributed by atoms with Gasteiger partial charge in [0.1, 0.15) is 0 Å². The highest BCUT2D eigenvalue weighted by molar-refractivity contribution is 7.99. The third-order valence-corrected chi connectivity index (χ3v) is 7.70. The van der Waals surface area contributed by atoms with Crippen LogP contribution in [-0.2, 0) is 29.7 Å². The van der Waals surface area contributed by atoms with E-state index in [2.05, 4.69) is 18.7 Å². The maximum Gasteiger partial charge on any atom is 0.179 e. The summed E-state index contributed by atoms with van der Waals surface area (Å²) in [6.45, 7) is 0.0791. The zero-order chi connectivity index (χ0) is 27.5. The first-order valence-corrected chi connectivity index (χ1v) is 14.3. The van der Waals surface area contributed by atoms with E-state index in [-0.39, 0.29) is 36.9 Å². The van der Waals surface area contributed by atoms with Crippen molar-refractivity contribution >= 4 is 34.2 Å². The van der Waals surface area contributed by atoms with Crippen LogP contribution in [0.15, 0.2) is 87.5 Å². The van der Waals surface area contributed by atoms with Gasteiger partial charge in [-0.15, -0.1) is 24.4 Å². The summed E-state index contributed by atoms with van der Waals surface area (Å²) in [5, 5.41) is 42.8. The fraction of sp³-hybridized carbons (Fsp3) is 0.259. The molecule has 37 heavy (non-hydrogen) atoms. The number of nitrogens with zero attached hydrogens (tertiary/aromatic N) is 2. The van der Waals surface area contributed by atoms with Gasteiger partial charge in [-0.1, -0.05) is 36.4 Å². The molecule has 0 amide bonds. The lowest BCUT2D eigenvalue weighted by Gasteiger charge is -2.02. The molecule has 3 rings (SSSR count). The highest BCUT2D eigenvalue weighted by Crippen LogP contribution is 2.19. The molecule has 10 heteroatoms. The van der Waals surface area contributed by atoms with E-state index in [1.54, 1.807) is 30.0 Å². The van der Waals surface area contributed by atoms with Crippen LogP contribution in [0.1, 0.15) is 29.5 Å². The second kappa shape index (κ2) is 18.4. The summed E-state index contributed by atoms with van der Waals surface area (Å²) in [4.78, 5) is 2.26. The van der Waals surface area contributed by atoms with E-state index in [9.17, 15) is 8.42 Å². The molecular formula is C27H30N2O5S3. The highest BCUT2D eigenvalue weighted by Gasteiger charge is 2.13. The lowest BCUT2D eigenvalue weighted by atomic mass is 10.2. The van der Waals surface area contributed by atoms with Crippen LogP contribution in [0.25, 0.3) is 0 Å². The minimum absolute atomic E-state index is 0.00984. The van der Waals surface area contributed by atoms with Crippen molar-refractivity contribution in [3.8, 4) is 12.1 Å². The first-order chi connectivity index (χ1) is 17.8. The molecule has 0 bridgehead atoms. The topological polar surface area (TPSA) is 142 Å². The van der Waals surface area contributed by atoms with E-state index in [1.807, 2.05) is 48.5 Å². The van der Waals surface area contributed by atoms with E-state index in [4.69, 9.17) is 25.8 Å². The predicted molar refractivity (Wildman–Crippen MR) is 148 cm³/mol. The van der Waals surface area contributed by atoms with Gasteiger partial charge >= 0.3 is 0 Å². The fourth-order valence-electron chi connectivity index (χ4n) is 2.61. The van der Waals surface area contributed by atoms with Crippen LogP contribution in [0.4, 0.5) is 0 Å². The average Bonchev–Trinajstić information content (AvgIpc) is 2.93. The largest absolute Gasteiger partial charge is 0.392 e. The molecule has 0 aliphatic carbocycles. The van der Waals surface area contributed by atoms with Crippen LogP contribution >= 0.6 is 24.4 Å². The van der Waals surface area contributed by atoms with Gasteiger partial charge in [-0.3, -0.25) is 0 Å². The molecule has 0 unspecified atom stereocenters. The standard InChI is InChI=1S/C10H11NO3S.C10H11NOS.C7H8OS/c11-6-1-7-15(13,14)10-4-2-9(8-12)3-5-10;11-6-1-7-13-10-4-2-9(8-12)3-5-10;8-5-6-1-3-7(9)4-2-6/h2-5,12H,1,7-8H2;2-5,12H,1,7-8H2;1-4,8-9H,5H2. The summed E-state index contributed by atoms with van der Waals surface area (Å²) in [6.07, 6.45) is 0.566. The van der Waals surface area contributed by atoms with Gasteiger partial charge in [0.2, 0.25) is 0 Å². The van der Waals surface area contributed by atoms with Gasteiger partial charge < -0.3 is 15.3 Å². The first-order valence-electron chi connectivity index (χ1n) is 11.2. The number of benzene rings is 3. The molecule has 0 aromatic heterocycles. The Labute approximate surface area is 228 Å². The lowest BCUT2D eigenvalue weighted by molar-refractivity contribution is 0.281. The van der Waals surface area contributed by atoms with Gasteiger partial charge in [0.05, 0.1) is 42.6 Å². The van der Waals surface area contributed by atoms with Gasteiger partial charge in [0, 0.05) is 28.4 Å². The molecular weight excluding hydrogens is 529 g/mol. The number of aliphatic hydroxyl groups is 3. The fourth-order valence-corrected chi connectivity index (χ4v) is 4.66. The first kappa shape index (κ1) is 32.2. The number of hydrogen-bond donors (Lipinski definition) is 4. The maximum absolute atomic E-state index is 11.6. The van der Waals surface area contributed by atoms with Crippen LogP contribution in [0, 0.1) is 22.7 Å². The molecule has 3 aromatic rings. The second-order valence-electron chi connectivity index (χ2n) is 7.41. The molecule has 3 aromatic carbocycles. The molecule has 0 aliphatic rings. The van der Waals surface area contributed by atoms with Gasteiger partial charge in [-0.2, -0.15) is 10.5 Å². The van der Waals surface area contributed by atoms with Crippen molar-refractivity contribution in [2.24, 2.45) is 0 Å². The van der Waals surface area contributed by atoms with E-state index >= 15 is 0 Å². The minimum Gasteiger partial charge on any atom is -0.392 e. The monoisotopic (exact) mass is 558 g/mol. The molecule has 7 nitrogen and oxygen atoms in total. The van der Waals surface area contributed by atoms with Crippen molar-refractivity contribution < 1.29 is 23.7 Å². The molecule has 0 saturated heterocycles. The van der Waals surface area contributed by atoms with Gasteiger partial charge in [0.25, 0.3) is 0 Å². The molecule has 0 aliphatic heterocycles. The van der Waals surface area contributed by atoms with Crippen molar-refractivity contribution in [2.45, 2.75) is 47.3 Å². The zero-order valence-electron chi connectivity index (χ0n) is 20.2. The van der Waals surface area contributed by atoms with E-state index in [0.717, 1.165) is 26.7 Å². The summed E-state index contributed by atoms with van der Waals surface area (Å²) in [7, 11) is -3.35. The van der Waals surface area contributed by atoms with E-state index in [0.29, 0.717) is 12.0 Å². The Morgan fingerprint density at radius 3 is 1.57 bits per heavy atom. The normalized spacial score (nSPS) is 10.1. The third kappa shape index (κ3) is 13.3. The molecule has 0 fully saturated rings. The quantitative estimate of drug-likeness (QED) is 0.171. The summed E-state index contributed by atoms with van der Waals surface area (Å²) in [6, 6.07) is 25.0. The van der Waals surface area contributed by atoms with Crippen LogP contribution < -0.4 is 0 Å². The van der Waals surface area contributed by atoms with Crippen LogP contribution in [0.2, 0.25) is 0 Å². The molecule has 0 radical (unpaired) electrons. The van der Waals surface area contributed by atoms with E-state index < -0.39 is 9.84 Å². The number of thiol groups is 1. The Kier molecular flexibility index (Phi) is 16.0. The third-order valence-electron chi connectivity index (χ3n) is 4.66. The minimum atomic E-state index is -3.35. The van der Waals surface area contributed by atoms with Crippen molar-refractivity contribution in [3.05, 3.63) is 89.5 Å². The van der Waals surface area contributed by atoms with Crippen LogP contribution in [0.3, 0.4) is 0 Å². The molecule has 0 spiro atoms. The molecule has 0 saturated carbocycles. The van der Waals surface area contributed by atoms with Crippen molar-refractivity contribution in [1.82, 2.24) is 0 Å². The summed E-state index contributed by atoms with van der Waals surface area (Å²) < 4.78 is 23.2. The SMILES string of the molecule is N#CCCS(=O)(=O)c1ccc(CO)cc1.N#CCCSc1ccc(CO)cc1.OCc1ccc(S)cc1. The molecule has 0 atom stereocenters. The Hall–Kier alpha value is -2.83. The second-order valence-corrected chi connectivity index (χ2v) is 11.2. The number of sulfone groups is 1. The van der Waals surface area contributed by atoms with Crippen LogP contribution in [0.5, 0.6) is 0 Å². The van der Waals surface area contributed by atoms with Crippen molar-refractivity contribution in [1.29, 1.82) is 10.5 Å². The molecule has 0 heterocycles. The summed E-state index contributed by atoms with van der Waals surface area (Å²) in [5.41, 5.74) is 2.51. The Balaban J connectivity index is 0.000000286. The van der Waals surface area contributed by atoms with Gasteiger partial charge in [-0.05, 0) is 53.1 Å². The Morgan fingerprint density at radius 2 is 1.14 bits per heavy atom. The summed E-state index contributed by atoms with van der Waals surface area (Å²) >= 11 is 5.75. The maximum atomic E-state index is 11.6. The molecule has 196 valence electrons. The zero-order valence-corrected chi connectivity index (χ0v) is 22.7. The number of thioether (sulfide) groups is 1. The number of nitriles is 2. The summed E-state index contributed by atoms with van der Waals surface area (Å²) in [5.74, 6) is 0.664. The molecule has 3 N–H and O–H groups in total. The predicted octanol–water partition coefficient (Wildman–Crippen LogP) is 4.52. The van der Waals surface area contributed by atoms with Gasteiger partial charge in [-0.25, -0.2) is 8.42 Å². The number of rotatable bonds is 9.